The van der Waals surface area contributed by atoms with E-state index in [1.165, 1.54) is 6.20 Å². The molecule has 3 atom stereocenters. The predicted molar refractivity (Wildman–Crippen MR) is 212 cm³/mol. The Kier molecular flexibility index (Phi) is 12.2. The highest BCUT2D eigenvalue weighted by molar-refractivity contribution is 6.11. The Balaban J connectivity index is 1.29. The first kappa shape index (κ1) is 38.6. The maximum absolute atomic E-state index is 14.3. The number of carbonyl (C=O) groups excluding carboxylic acids is 3. The normalized spacial score (nSPS) is 18.7. The van der Waals surface area contributed by atoms with Crippen LogP contribution in [0, 0.1) is 5.92 Å². The Morgan fingerprint density at radius 3 is 2.58 bits per heavy atom. The summed E-state index contributed by atoms with van der Waals surface area (Å²) < 4.78 is 16.6. The first-order chi connectivity index (χ1) is 26.5. The number of hydrogen-bond donors (Lipinski definition) is 5. The van der Waals surface area contributed by atoms with Gasteiger partial charge in [-0.25, -0.2) is 14.6 Å². The standard InChI is InChI=1S/C41H48N8O6/c1-26-23-49(24-34(36(26)44-17-15-42)48-40(52)55-41(2,3)4)35-12-16-43-22-33(35)46-38(50)37-32(47-39(51)54-25-27-8-6-5-7-9-27)21-30-11-10-29(20-31(30)45-37)28-13-18-53-19-14-28/h5-13,15-17,20-22,26,34,36,44H,14,18-19,23-25,42H2,1-4H3,(H,46,50)(H,47,51)(H,48,52)/b17-15-/t26-,34?,36-/m0/s1. The minimum atomic E-state index is -0.733. The molecule has 6 rings (SSSR count). The van der Waals surface area contributed by atoms with E-state index in [4.69, 9.17) is 24.9 Å². The highest BCUT2D eigenvalue weighted by atomic mass is 16.6. The lowest BCUT2D eigenvalue weighted by atomic mass is 9.89. The molecular weight excluding hydrogens is 701 g/mol. The fourth-order valence-corrected chi connectivity index (χ4v) is 6.76. The predicted octanol–water partition coefficient (Wildman–Crippen LogP) is 6.17. The van der Waals surface area contributed by atoms with Crippen LogP contribution in [0.4, 0.5) is 26.7 Å². The van der Waals surface area contributed by atoms with Crippen LogP contribution in [-0.2, 0) is 20.8 Å². The van der Waals surface area contributed by atoms with Gasteiger partial charge in [-0.1, -0.05) is 55.5 Å². The number of nitrogens with zero attached hydrogens (tertiary/aromatic N) is 3. The van der Waals surface area contributed by atoms with Gasteiger partial charge in [0, 0.05) is 37.1 Å². The number of benzene rings is 2. The molecule has 2 aliphatic rings. The molecule has 1 fully saturated rings. The fourth-order valence-electron chi connectivity index (χ4n) is 6.76. The number of aromatic nitrogens is 2. The summed E-state index contributed by atoms with van der Waals surface area (Å²) in [5.74, 6) is -0.548. The molecule has 55 heavy (non-hydrogen) atoms. The monoisotopic (exact) mass is 748 g/mol. The summed E-state index contributed by atoms with van der Waals surface area (Å²) >= 11 is 0. The number of amides is 3. The number of anilines is 3. The number of fused-ring (bicyclic) bond motifs is 1. The van der Waals surface area contributed by atoms with Gasteiger partial charge in [-0.3, -0.25) is 15.1 Å². The highest BCUT2D eigenvalue weighted by Gasteiger charge is 2.37. The molecular formula is C41H48N8O6. The van der Waals surface area contributed by atoms with Crippen molar-refractivity contribution in [2.45, 2.75) is 58.4 Å². The van der Waals surface area contributed by atoms with Crippen LogP contribution in [0.25, 0.3) is 16.5 Å². The number of piperidine rings is 1. The number of pyridine rings is 2. The third-order valence-corrected chi connectivity index (χ3v) is 9.26. The van der Waals surface area contributed by atoms with Crippen molar-refractivity contribution in [2.75, 3.05) is 41.8 Å². The summed E-state index contributed by atoms with van der Waals surface area (Å²) in [4.78, 5) is 51.5. The van der Waals surface area contributed by atoms with Crippen molar-refractivity contribution in [1.29, 1.82) is 0 Å². The van der Waals surface area contributed by atoms with Gasteiger partial charge in [-0.05, 0) is 68.0 Å². The maximum Gasteiger partial charge on any atom is 0.412 e. The van der Waals surface area contributed by atoms with E-state index in [1.54, 1.807) is 24.7 Å². The van der Waals surface area contributed by atoms with E-state index >= 15 is 0 Å². The lowest BCUT2D eigenvalue weighted by molar-refractivity contribution is 0.0482. The van der Waals surface area contributed by atoms with Gasteiger partial charge in [-0.2, -0.15) is 0 Å². The minimum absolute atomic E-state index is 0.00797. The molecule has 4 aromatic rings. The number of ether oxygens (including phenoxy) is 3. The van der Waals surface area contributed by atoms with Crippen LogP contribution in [0.5, 0.6) is 0 Å². The van der Waals surface area contributed by atoms with E-state index in [0.29, 0.717) is 43.2 Å². The Hall–Kier alpha value is -6.15. The molecule has 2 aliphatic heterocycles. The number of carbonyl (C=O) groups is 3. The topological polar surface area (TPSA) is 182 Å². The number of alkyl carbamates (subject to hydrolysis) is 1. The van der Waals surface area contributed by atoms with Crippen molar-refractivity contribution in [3.8, 4) is 0 Å². The maximum atomic E-state index is 14.3. The molecule has 1 unspecified atom stereocenters. The van der Waals surface area contributed by atoms with Crippen LogP contribution in [-0.4, -0.2) is 72.0 Å². The SMILES string of the molecule is C[C@H]1CN(c2ccncc2NC(=O)c2nc3cc(C4=CCOCC4)ccc3cc2NC(=O)OCc2ccccc2)CC(NC(=O)OC(C)(C)C)[C@H]1N/C=C\N. The second-order valence-electron chi connectivity index (χ2n) is 14.6. The zero-order chi connectivity index (χ0) is 39.0. The van der Waals surface area contributed by atoms with Gasteiger partial charge in [0.05, 0.1) is 54.1 Å². The highest BCUT2D eigenvalue weighted by Crippen LogP contribution is 2.32. The van der Waals surface area contributed by atoms with E-state index in [9.17, 15) is 14.4 Å². The lowest BCUT2D eigenvalue weighted by Gasteiger charge is -2.44. The van der Waals surface area contributed by atoms with Gasteiger partial charge in [-0.15, -0.1) is 0 Å². The van der Waals surface area contributed by atoms with E-state index in [0.717, 1.165) is 28.5 Å². The van der Waals surface area contributed by atoms with E-state index in [-0.39, 0.29) is 29.9 Å². The second kappa shape index (κ2) is 17.3. The third kappa shape index (κ3) is 10.1. The largest absolute Gasteiger partial charge is 0.444 e. The molecule has 0 saturated carbocycles. The van der Waals surface area contributed by atoms with Gasteiger partial charge >= 0.3 is 12.2 Å². The van der Waals surface area contributed by atoms with Gasteiger partial charge in [0.15, 0.2) is 5.69 Å². The molecule has 0 bridgehead atoms. The number of nitrogens with two attached hydrogens (primary N) is 1. The van der Waals surface area contributed by atoms with Gasteiger partial charge in [0.2, 0.25) is 0 Å². The molecule has 1 saturated heterocycles. The Morgan fingerprint density at radius 2 is 1.84 bits per heavy atom. The summed E-state index contributed by atoms with van der Waals surface area (Å²) in [6, 6.07) is 18.1. The average molecular weight is 749 g/mol. The van der Waals surface area contributed by atoms with Crippen LogP contribution < -0.4 is 31.9 Å². The molecule has 2 aromatic carbocycles. The van der Waals surface area contributed by atoms with Gasteiger partial charge < -0.3 is 40.8 Å². The van der Waals surface area contributed by atoms with Crippen molar-refractivity contribution in [3.63, 3.8) is 0 Å². The number of hydrogen-bond acceptors (Lipinski definition) is 11. The third-order valence-electron chi connectivity index (χ3n) is 9.26. The van der Waals surface area contributed by atoms with Crippen LogP contribution in [0.3, 0.4) is 0 Å². The van der Waals surface area contributed by atoms with Crippen molar-refractivity contribution in [1.82, 2.24) is 20.6 Å². The van der Waals surface area contributed by atoms with E-state index in [1.807, 2.05) is 81.4 Å². The Morgan fingerprint density at radius 1 is 1.02 bits per heavy atom. The number of nitrogens with one attached hydrogen (secondary N) is 4. The quantitative estimate of drug-likeness (QED) is 0.125. The second-order valence-corrected chi connectivity index (χ2v) is 14.6. The van der Waals surface area contributed by atoms with E-state index in [2.05, 4.69) is 38.1 Å². The van der Waals surface area contributed by atoms with Crippen molar-refractivity contribution < 1.29 is 28.6 Å². The van der Waals surface area contributed by atoms with Crippen LogP contribution in [0.15, 0.2) is 91.5 Å². The summed E-state index contributed by atoms with van der Waals surface area (Å²) in [6.45, 7) is 9.66. The van der Waals surface area contributed by atoms with Gasteiger partial charge in [0.1, 0.15) is 12.2 Å². The molecule has 0 radical (unpaired) electrons. The van der Waals surface area contributed by atoms with E-state index < -0.39 is 29.7 Å². The molecule has 3 amide bonds. The molecule has 2 aromatic heterocycles. The fraction of sp³-hybridized carbons (Fsp3) is 0.341. The molecule has 14 heteroatoms. The lowest BCUT2D eigenvalue weighted by Crippen LogP contribution is -2.63. The Labute approximate surface area is 320 Å². The zero-order valence-electron chi connectivity index (χ0n) is 31.5. The van der Waals surface area contributed by atoms with Crippen LogP contribution >= 0.6 is 0 Å². The first-order valence-electron chi connectivity index (χ1n) is 18.3. The van der Waals surface area contributed by atoms with Crippen LogP contribution in [0.2, 0.25) is 0 Å². The molecule has 0 spiro atoms. The Bertz CT molecular complexity index is 2070. The van der Waals surface area contributed by atoms with Crippen molar-refractivity contribution in [2.24, 2.45) is 11.7 Å². The summed E-state index contributed by atoms with van der Waals surface area (Å²) in [6.07, 6.45) is 7.81. The molecule has 0 aliphatic carbocycles. The minimum Gasteiger partial charge on any atom is -0.444 e. The summed E-state index contributed by atoms with van der Waals surface area (Å²) in [7, 11) is 0. The first-order valence-corrected chi connectivity index (χ1v) is 18.3. The summed E-state index contributed by atoms with van der Waals surface area (Å²) in [5.41, 5.74) is 9.77. The van der Waals surface area contributed by atoms with Crippen LogP contribution in [0.1, 0.15) is 55.7 Å². The van der Waals surface area contributed by atoms with Crippen molar-refractivity contribution >= 4 is 51.6 Å². The molecule has 4 heterocycles. The van der Waals surface area contributed by atoms with Crippen molar-refractivity contribution in [3.05, 3.63) is 108 Å². The molecule has 288 valence electrons. The average Bonchev–Trinajstić information content (AvgIpc) is 3.16. The summed E-state index contributed by atoms with van der Waals surface area (Å²) in [5, 5.41) is 12.8. The molecule has 14 nitrogen and oxygen atoms in total. The smallest absolute Gasteiger partial charge is 0.412 e. The molecule has 6 N–H and O–H groups in total. The van der Waals surface area contributed by atoms with Gasteiger partial charge in [0.25, 0.3) is 5.91 Å². The number of rotatable bonds is 10. The zero-order valence-corrected chi connectivity index (χ0v) is 31.5.